The number of oxime groups is 1. The molecular weight excluding hydrogens is 152 g/mol. The molecule has 3 nitrogen and oxygen atoms in total. The largest absolute Gasteiger partial charge is 0.392 e. The fraction of sp³-hybridized carbons (Fsp3) is 0.111. The summed E-state index contributed by atoms with van der Waals surface area (Å²) in [6, 6.07) is 3.70. The third-order valence-electron chi connectivity index (χ3n) is 1.17. The lowest BCUT2D eigenvalue weighted by Gasteiger charge is -1.91. The Bertz CT molecular complexity index is 256. The molecule has 0 fully saturated rings. The molecule has 3 heteroatoms. The van der Waals surface area contributed by atoms with Crippen molar-refractivity contribution in [2.24, 2.45) is 5.16 Å². The molecule has 0 aliphatic rings. The highest BCUT2D eigenvalue weighted by atomic mass is 16.6. The minimum Gasteiger partial charge on any atom is -0.392 e. The molecule has 0 saturated carbocycles. The zero-order valence-electron chi connectivity index (χ0n) is 6.68. The maximum absolute atomic E-state index is 4.82. The van der Waals surface area contributed by atoms with E-state index in [1.807, 2.05) is 12.1 Å². The maximum atomic E-state index is 4.82. The van der Waals surface area contributed by atoms with Gasteiger partial charge in [0, 0.05) is 12.4 Å². The fourth-order valence-corrected chi connectivity index (χ4v) is 0.643. The van der Waals surface area contributed by atoms with Crippen molar-refractivity contribution in [1.82, 2.24) is 4.98 Å². The van der Waals surface area contributed by atoms with Crippen LogP contribution in [0, 0.1) is 0 Å². The molecular formula is C9H10N2O. The lowest BCUT2D eigenvalue weighted by atomic mass is 10.3. The van der Waals surface area contributed by atoms with Crippen LogP contribution in [0.5, 0.6) is 0 Å². The van der Waals surface area contributed by atoms with Crippen molar-refractivity contribution in [3.05, 3.63) is 42.7 Å². The Kier molecular flexibility index (Phi) is 3.57. The normalized spacial score (nSPS) is 10.0. The molecule has 12 heavy (non-hydrogen) atoms. The van der Waals surface area contributed by atoms with Crippen molar-refractivity contribution in [3.63, 3.8) is 0 Å². The molecule has 62 valence electrons. The number of aromatic nitrogens is 1. The Morgan fingerprint density at radius 1 is 1.50 bits per heavy atom. The van der Waals surface area contributed by atoms with Crippen molar-refractivity contribution in [2.75, 3.05) is 6.61 Å². The second kappa shape index (κ2) is 5.07. The first-order valence-corrected chi connectivity index (χ1v) is 3.60. The SMILES string of the molecule is C=CCO/N=C/c1ccncc1. The third kappa shape index (κ3) is 2.96. The molecule has 0 amide bonds. The molecule has 0 atom stereocenters. The average Bonchev–Trinajstić information content (AvgIpc) is 2.14. The molecule has 0 aliphatic heterocycles. The van der Waals surface area contributed by atoms with Crippen LogP contribution in [0.25, 0.3) is 0 Å². The summed E-state index contributed by atoms with van der Waals surface area (Å²) < 4.78 is 0. The Balaban J connectivity index is 2.41. The van der Waals surface area contributed by atoms with Gasteiger partial charge in [0.1, 0.15) is 6.61 Å². The van der Waals surface area contributed by atoms with E-state index in [-0.39, 0.29) is 0 Å². The predicted octanol–water partition coefficient (Wildman–Crippen LogP) is 1.62. The van der Waals surface area contributed by atoms with Gasteiger partial charge in [-0.25, -0.2) is 0 Å². The molecule has 0 spiro atoms. The summed E-state index contributed by atoms with van der Waals surface area (Å²) >= 11 is 0. The number of rotatable bonds is 4. The van der Waals surface area contributed by atoms with E-state index in [9.17, 15) is 0 Å². The summed E-state index contributed by atoms with van der Waals surface area (Å²) in [5.41, 5.74) is 0.967. The molecule has 1 aromatic rings. The van der Waals surface area contributed by atoms with Crippen LogP contribution in [-0.2, 0) is 4.84 Å². The van der Waals surface area contributed by atoms with E-state index in [0.29, 0.717) is 6.61 Å². The molecule has 0 aromatic carbocycles. The van der Waals surface area contributed by atoms with Crippen molar-refractivity contribution in [2.45, 2.75) is 0 Å². The van der Waals surface area contributed by atoms with Crippen LogP contribution >= 0.6 is 0 Å². The van der Waals surface area contributed by atoms with E-state index < -0.39 is 0 Å². The summed E-state index contributed by atoms with van der Waals surface area (Å²) in [6.07, 6.45) is 6.68. The Hall–Kier alpha value is -1.64. The number of nitrogens with zero attached hydrogens (tertiary/aromatic N) is 2. The fourth-order valence-electron chi connectivity index (χ4n) is 0.643. The van der Waals surface area contributed by atoms with Gasteiger partial charge in [0.05, 0.1) is 6.21 Å². The highest BCUT2D eigenvalue weighted by Crippen LogP contribution is 1.91. The lowest BCUT2D eigenvalue weighted by molar-refractivity contribution is 0.176. The van der Waals surface area contributed by atoms with E-state index in [2.05, 4.69) is 16.7 Å². The monoisotopic (exact) mass is 162 g/mol. The topological polar surface area (TPSA) is 34.5 Å². The average molecular weight is 162 g/mol. The Labute approximate surface area is 71.4 Å². The lowest BCUT2D eigenvalue weighted by Crippen LogP contribution is -1.84. The van der Waals surface area contributed by atoms with Crippen LogP contribution in [-0.4, -0.2) is 17.8 Å². The summed E-state index contributed by atoms with van der Waals surface area (Å²) in [5, 5.41) is 3.71. The second-order valence-electron chi connectivity index (χ2n) is 2.10. The molecule has 0 radical (unpaired) electrons. The van der Waals surface area contributed by atoms with Crippen LogP contribution in [0.4, 0.5) is 0 Å². The standard InChI is InChI=1S/C9H10N2O/c1-2-7-12-11-8-9-3-5-10-6-4-9/h2-6,8H,1,7H2/b11-8+. The summed E-state index contributed by atoms with van der Waals surface area (Å²) in [7, 11) is 0. The number of hydrogen-bond donors (Lipinski definition) is 0. The zero-order chi connectivity index (χ0) is 8.65. The first kappa shape index (κ1) is 8.46. The molecule has 0 N–H and O–H groups in total. The first-order valence-electron chi connectivity index (χ1n) is 3.60. The van der Waals surface area contributed by atoms with Crippen LogP contribution in [0.15, 0.2) is 42.3 Å². The van der Waals surface area contributed by atoms with Crippen LogP contribution in [0.3, 0.4) is 0 Å². The summed E-state index contributed by atoms with van der Waals surface area (Å²) in [6.45, 7) is 3.93. The molecule has 1 aromatic heterocycles. The third-order valence-corrected chi connectivity index (χ3v) is 1.17. The van der Waals surface area contributed by atoms with Gasteiger partial charge in [0.2, 0.25) is 0 Å². The second-order valence-corrected chi connectivity index (χ2v) is 2.10. The van der Waals surface area contributed by atoms with Crippen LogP contribution in [0.2, 0.25) is 0 Å². The van der Waals surface area contributed by atoms with Gasteiger partial charge in [0.15, 0.2) is 0 Å². The molecule has 0 aliphatic carbocycles. The van der Waals surface area contributed by atoms with Gasteiger partial charge in [0.25, 0.3) is 0 Å². The van der Waals surface area contributed by atoms with Crippen molar-refractivity contribution < 1.29 is 4.84 Å². The number of pyridine rings is 1. The first-order chi connectivity index (χ1) is 5.93. The van der Waals surface area contributed by atoms with Gasteiger partial charge in [-0.05, 0) is 17.7 Å². The highest BCUT2D eigenvalue weighted by Gasteiger charge is 1.82. The summed E-state index contributed by atoms with van der Waals surface area (Å²) in [5.74, 6) is 0. The molecule has 0 unspecified atom stereocenters. The quantitative estimate of drug-likeness (QED) is 0.292. The number of hydrogen-bond acceptors (Lipinski definition) is 3. The van der Waals surface area contributed by atoms with E-state index >= 15 is 0 Å². The van der Waals surface area contributed by atoms with Crippen molar-refractivity contribution >= 4 is 6.21 Å². The Morgan fingerprint density at radius 2 is 2.25 bits per heavy atom. The van der Waals surface area contributed by atoms with E-state index in [4.69, 9.17) is 4.84 Å². The highest BCUT2D eigenvalue weighted by molar-refractivity contribution is 5.78. The van der Waals surface area contributed by atoms with Crippen molar-refractivity contribution in [3.8, 4) is 0 Å². The molecule has 1 heterocycles. The molecule has 0 bridgehead atoms. The predicted molar refractivity (Wildman–Crippen MR) is 48.0 cm³/mol. The van der Waals surface area contributed by atoms with E-state index in [0.717, 1.165) is 5.56 Å². The smallest absolute Gasteiger partial charge is 0.135 e. The van der Waals surface area contributed by atoms with Gasteiger partial charge in [-0.15, -0.1) is 0 Å². The van der Waals surface area contributed by atoms with Gasteiger partial charge >= 0.3 is 0 Å². The Morgan fingerprint density at radius 3 is 2.92 bits per heavy atom. The van der Waals surface area contributed by atoms with Crippen LogP contribution in [0.1, 0.15) is 5.56 Å². The van der Waals surface area contributed by atoms with Gasteiger partial charge in [-0.3, -0.25) is 4.98 Å². The van der Waals surface area contributed by atoms with Crippen molar-refractivity contribution in [1.29, 1.82) is 0 Å². The van der Waals surface area contributed by atoms with Crippen LogP contribution < -0.4 is 0 Å². The summed E-state index contributed by atoms with van der Waals surface area (Å²) in [4.78, 5) is 8.69. The minimum absolute atomic E-state index is 0.432. The van der Waals surface area contributed by atoms with E-state index in [1.165, 1.54) is 0 Å². The van der Waals surface area contributed by atoms with E-state index in [1.54, 1.807) is 24.7 Å². The van der Waals surface area contributed by atoms with Gasteiger partial charge in [-0.1, -0.05) is 17.8 Å². The zero-order valence-corrected chi connectivity index (χ0v) is 6.68. The minimum atomic E-state index is 0.432. The molecule has 0 saturated heterocycles. The maximum Gasteiger partial charge on any atom is 0.135 e. The molecule has 1 rings (SSSR count). The van der Waals surface area contributed by atoms with Gasteiger partial charge < -0.3 is 4.84 Å². The van der Waals surface area contributed by atoms with Gasteiger partial charge in [-0.2, -0.15) is 0 Å².